The molecule has 4 unspecified atom stereocenters. The topological polar surface area (TPSA) is 44.0 Å². The standard InChI is InChI=1S/C20H33NO/c1-14-5-7-15(8-6-14)20(4)12-18(2,13-21)16-9-10-19(3,22)11-17(16)20/h14-17,22H,5-12H2,1-4H3/t14?,15?,16?,17-,18?,19?,20?/m1/s1. The highest BCUT2D eigenvalue weighted by atomic mass is 16.3. The van der Waals surface area contributed by atoms with Crippen LogP contribution in [0.25, 0.3) is 0 Å². The van der Waals surface area contributed by atoms with E-state index in [2.05, 4.69) is 26.8 Å². The quantitative estimate of drug-likeness (QED) is 0.747. The number of rotatable bonds is 1. The Morgan fingerprint density at radius 3 is 2.23 bits per heavy atom. The number of nitriles is 1. The molecule has 0 aliphatic heterocycles. The molecule has 3 aliphatic rings. The van der Waals surface area contributed by atoms with Gasteiger partial charge in [0.2, 0.25) is 0 Å². The van der Waals surface area contributed by atoms with Crippen LogP contribution < -0.4 is 0 Å². The fourth-order valence-corrected chi connectivity index (χ4v) is 6.38. The number of nitrogens with zero attached hydrogens (tertiary/aromatic N) is 1. The molecule has 0 saturated heterocycles. The first-order chi connectivity index (χ1) is 10.2. The van der Waals surface area contributed by atoms with Crippen LogP contribution in [0, 0.1) is 45.8 Å². The summed E-state index contributed by atoms with van der Waals surface area (Å²) in [5, 5.41) is 20.5. The molecule has 5 atom stereocenters. The van der Waals surface area contributed by atoms with Crippen molar-refractivity contribution < 1.29 is 5.11 Å². The van der Waals surface area contributed by atoms with Crippen LogP contribution in [0.2, 0.25) is 0 Å². The van der Waals surface area contributed by atoms with E-state index in [0.29, 0.717) is 11.8 Å². The van der Waals surface area contributed by atoms with Gasteiger partial charge in [0.1, 0.15) is 0 Å². The summed E-state index contributed by atoms with van der Waals surface area (Å²) in [7, 11) is 0. The number of hydrogen-bond acceptors (Lipinski definition) is 2. The van der Waals surface area contributed by atoms with Crippen molar-refractivity contribution in [2.45, 2.75) is 84.7 Å². The van der Waals surface area contributed by atoms with Crippen LogP contribution in [0.1, 0.15) is 79.1 Å². The summed E-state index contributed by atoms with van der Waals surface area (Å²) in [6, 6.07) is 2.69. The molecule has 124 valence electrons. The van der Waals surface area contributed by atoms with Gasteiger partial charge in [0.05, 0.1) is 17.1 Å². The summed E-state index contributed by atoms with van der Waals surface area (Å²) in [5.74, 6) is 2.63. The van der Waals surface area contributed by atoms with Gasteiger partial charge >= 0.3 is 0 Å². The SMILES string of the molecule is CC1CCC(C2(C)CC(C)(C#N)C3CCC(C)(O)C[C@H]32)CC1. The van der Waals surface area contributed by atoms with Gasteiger partial charge in [-0.25, -0.2) is 0 Å². The Morgan fingerprint density at radius 2 is 1.64 bits per heavy atom. The highest BCUT2D eigenvalue weighted by molar-refractivity contribution is 5.16. The molecule has 0 bridgehead atoms. The Labute approximate surface area is 136 Å². The first-order valence-electron chi connectivity index (χ1n) is 9.34. The Hall–Kier alpha value is -0.550. The van der Waals surface area contributed by atoms with E-state index in [1.54, 1.807) is 0 Å². The minimum Gasteiger partial charge on any atom is -0.390 e. The van der Waals surface area contributed by atoms with Gasteiger partial charge in [0, 0.05) is 0 Å². The van der Waals surface area contributed by atoms with Crippen LogP contribution in [-0.4, -0.2) is 10.7 Å². The minimum atomic E-state index is -0.523. The molecule has 0 aromatic rings. The van der Waals surface area contributed by atoms with Crippen LogP contribution in [0.15, 0.2) is 0 Å². The molecule has 0 spiro atoms. The van der Waals surface area contributed by atoms with Gasteiger partial charge in [-0.15, -0.1) is 0 Å². The van der Waals surface area contributed by atoms with E-state index in [9.17, 15) is 10.4 Å². The molecule has 2 nitrogen and oxygen atoms in total. The molecule has 2 heteroatoms. The Kier molecular flexibility index (Phi) is 3.88. The summed E-state index contributed by atoms with van der Waals surface area (Å²) in [5.41, 5.74) is -0.455. The summed E-state index contributed by atoms with van der Waals surface area (Å²) in [4.78, 5) is 0. The van der Waals surface area contributed by atoms with Crippen LogP contribution >= 0.6 is 0 Å². The normalized spacial score (nSPS) is 55.5. The van der Waals surface area contributed by atoms with Gasteiger partial charge in [-0.05, 0) is 81.5 Å². The van der Waals surface area contributed by atoms with Gasteiger partial charge in [-0.2, -0.15) is 5.26 Å². The van der Waals surface area contributed by atoms with Crippen molar-refractivity contribution in [2.24, 2.45) is 34.5 Å². The first kappa shape index (κ1) is 16.3. The van der Waals surface area contributed by atoms with E-state index in [1.807, 2.05) is 6.92 Å². The second kappa shape index (κ2) is 5.23. The van der Waals surface area contributed by atoms with Crippen molar-refractivity contribution >= 4 is 0 Å². The smallest absolute Gasteiger partial charge is 0.0690 e. The van der Waals surface area contributed by atoms with Crippen molar-refractivity contribution in [3.05, 3.63) is 0 Å². The van der Waals surface area contributed by atoms with Gasteiger partial charge in [0.15, 0.2) is 0 Å². The molecule has 0 aromatic heterocycles. The second-order valence-electron chi connectivity index (χ2n) is 9.62. The van der Waals surface area contributed by atoms with E-state index < -0.39 is 5.60 Å². The molecule has 3 saturated carbocycles. The average Bonchev–Trinajstić information content (AvgIpc) is 2.68. The van der Waals surface area contributed by atoms with Gasteiger partial charge in [-0.1, -0.05) is 26.7 Å². The maximum atomic E-state index is 10.7. The number of aliphatic hydroxyl groups is 1. The van der Waals surface area contributed by atoms with E-state index >= 15 is 0 Å². The largest absolute Gasteiger partial charge is 0.390 e. The van der Waals surface area contributed by atoms with E-state index in [1.165, 1.54) is 25.7 Å². The van der Waals surface area contributed by atoms with Crippen molar-refractivity contribution in [2.75, 3.05) is 0 Å². The third-order valence-electron chi connectivity index (χ3n) is 7.76. The van der Waals surface area contributed by atoms with Crippen LogP contribution in [-0.2, 0) is 0 Å². The molecule has 3 aliphatic carbocycles. The zero-order chi connectivity index (χ0) is 16.2. The fraction of sp³-hybridized carbons (Fsp3) is 0.950. The molecule has 1 N–H and O–H groups in total. The highest BCUT2D eigenvalue weighted by Crippen LogP contribution is 2.66. The zero-order valence-corrected chi connectivity index (χ0v) is 14.9. The monoisotopic (exact) mass is 303 g/mol. The lowest BCUT2D eigenvalue weighted by atomic mass is 9.58. The molecule has 0 aromatic carbocycles. The zero-order valence-electron chi connectivity index (χ0n) is 14.9. The van der Waals surface area contributed by atoms with Crippen molar-refractivity contribution in [1.82, 2.24) is 0 Å². The summed E-state index contributed by atoms with van der Waals surface area (Å²) in [6.07, 6.45) is 9.17. The number of fused-ring (bicyclic) bond motifs is 1. The maximum absolute atomic E-state index is 10.7. The molecule has 0 heterocycles. The molecular weight excluding hydrogens is 270 g/mol. The lowest BCUT2D eigenvalue weighted by Gasteiger charge is -2.48. The van der Waals surface area contributed by atoms with Crippen LogP contribution in [0.5, 0.6) is 0 Å². The Bertz CT molecular complexity index is 471. The first-order valence-corrected chi connectivity index (χ1v) is 9.34. The van der Waals surface area contributed by atoms with Gasteiger partial charge < -0.3 is 5.11 Å². The summed E-state index contributed by atoms with van der Waals surface area (Å²) in [6.45, 7) is 9.03. The van der Waals surface area contributed by atoms with Crippen molar-refractivity contribution in [3.63, 3.8) is 0 Å². The Balaban J connectivity index is 1.91. The molecule has 0 amide bonds. The molecule has 3 fully saturated rings. The third-order valence-corrected chi connectivity index (χ3v) is 7.76. The van der Waals surface area contributed by atoms with E-state index in [4.69, 9.17) is 0 Å². The molecule has 3 rings (SSSR count). The van der Waals surface area contributed by atoms with Crippen molar-refractivity contribution in [1.29, 1.82) is 5.26 Å². The molecular formula is C20H33NO. The lowest BCUT2D eigenvalue weighted by molar-refractivity contribution is -0.0573. The third kappa shape index (κ3) is 2.50. The average molecular weight is 303 g/mol. The number of hydrogen-bond donors (Lipinski definition) is 1. The predicted octanol–water partition coefficient (Wildman–Crippen LogP) is 4.92. The fourth-order valence-electron chi connectivity index (χ4n) is 6.38. The Morgan fingerprint density at radius 1 is 1.00 bits per heavy atom. The van der Waals surface area contributed by atoms with Crippen molar-refractivity contribution in [3.8, 4) is 6.07 Å². The summed E-state index contributed by atoms with van der Waals surface area (Å²) < 4.78 is 0. The summed E-state index contributed by atoms with van der Waals surface area (Å²) >= 11 is 0. The highest BCUT2D eigenvalue weighted by Gasteiger charge is 2.61. The predicted molar refractivity (Wildman–Crippen MR) is 89.0 cm³/mol. The van der Waals surface area contributed by atoms with Crippen LogP contribution in [0.4, 0.5) is 0 Å². The van der Waals surface area contributed by atoms with Gasteiger partial charge in [0.25, 0.3) is 0 Å². The molecule has 0 radical (unpaired) electrons. The molecule has 22 heavy (non-hydrogen) atoms. The van der Waals surface area contributed by atoms with Crippen LogP contribution in [0.3, 0.4) is 0 Å². The minimum absolute atomic E-state index is 0.182. The maximum Gasteiger partial charge on any atom is 0.0690 e. The van der Waals surface area contributed by atoms with E-state index in [-0.39, 0.29) is 10.8 Å². The lowest BCUT2D eigenvalue weighted by Crippen LogP contribution is -2.44. The van der Waals surface area contributed by atoms with E-state index in [0.717, 1.165) is 37.5 Å². The van der Waals surface area contributed by atoms with Gasteiger partial charge in [-0.3, -0.25) is 0 Å². The second-order valence-corrected chi connectivity index (χ2v) is 9.62.